The van der Waals surface area contributed by atoms with E-state index >= 15 is 0 Å². The number of nitrogens with one attached hydrogen (secondary N) is 1. The molecule has 0 spiro atoms. The third kappa shape index (κ3) is 2.64. The number of rotatable bonds is 4. The third-order valence-electron chi connectivity index (χ3n) is 2.47. The quantitative estimate of drug-likeness (QED) is 0.741. The molecule has 3 rings (SSSR count). The lowest BCUT2D eigenvalue weighted by molar-refractivity contribution is 0.179. The van der Waals surface area contributed by atoms with Crippen molar-refractivity contribution in [1.82, 2.24) is 20.3 Å². The maximum atomic E-state index is 6.03. The second kappa shape index (κ2) is 5.58. The minimum atomic E-state index is 0.229. The van der Waals surface area contributed by atoms with Crippen LogP contribution in [0.15, 0.2) is 29.2 Å². The molecule has 0 unspecified atom stereocenters. The molecule has 7 nitrogen and oxygen atoms in total. The van der Waals surface area contributed by atoms with Gasteiger partial charge in [0.05, 0.1) is 0 Å². The number of hydrogen-bond acceptors (Lipinski definition) is 7. The van der Waals surface area contributed by atoms with Gasteiger partial charge < -0.3 is 0 Å². The van der Waals surface area contributed by atoms with Gasteiger partial charge in [0.1, 0.15) is 12.9 Å². The average Bonchev–Trinajstić information content (AvgIpc) is 2.90. The largest absolute Gasteiger partial charge is 0.270 e. The molecule has 1 N–H and O–H groups in total. The molecular weight excluding hydrogens is 305 g/mol. The number of anilines is 1. The van der Waals surface area contributed by atoms with Crippen molar-refractivity contribution in [3.63, 3.8) is 0 Å². The lowest BCUT2D eigenvalue weighted by Gasteiger charge is -2.07. The van der Waals surface area contributed by atoms with Crippen molar-refractivity contribution in [2.24, 2.45) is 0 Å². The van der Waals surface area contributed by atoms with Crippen molar-refractivity contribution in [3.8, 4) is 0 Å². The Kier molecular flexibility index (Phi) is 3.64. The Hall–Kier alpha value is -1.96. The number of hydrogen-bond donors (Lipinski definition) is 1. The average molecular weight is 312 g/mol. The van der Waals surface area contributed by atoms with Crippen molar-refractivity contribution in [3.05, 3.63) is 40.1 Å². The van der Waals surface area contributed by atoms with E-state index in [1.165, 1.54) is 6.33 Å². The fourth-order valence-corrected chi connectivity index (χ4v) is 1.98. The van der Waals surface area contributed by atoms with Gasteiger partial charge in [-0.15, -0.1) is 0 Å². The Morgan fingerprint density at radius 3 is 2.95 bits per heavy atom. The number of aromatic nitrogens is 4. The molecule has 2 aromatic heterocycles. The van der Waals surface area contributed by atoms with Gasteiger partial charge in [-0.1, -0.05) is 29.3 Å². The summed E-state index contributed by atoms with van der Waals surface area (Å²) in [6, 6.07) is 5.16. The molecule has 3 aromatic rings. The molecule has 0 aliphatic rings. The van der Waals surface area contributed by atoms with E-state index in [4.69, 9.17) is 28.0 Å². The summed E-state index contributed by atoms with van der Waals surface area (Å²) < 4.78 is 4.57. The van der Waals surface area contributed by atoms with Gasteiger partial charge in [-0.05, 0) is 28.0 Å². The maximum absolute atomic E-state index is 6.03. The van der Waals surface area contributed by atoms with E-state index in [1.54, 1.807) is 18.2 Å². The first-order chi connectivity index (χ1) is 9.74. The van der Waals surface area contributed by atoms with Gasteiger partial charge in [-0.3, -0.25) is 4.84 Å². The highest BCUT2D eigenvalue weighted by Gasteiger charge is 2.09. The van der Waals surface area contributed by atoms with E-state index < -0.39 is 0 Å². The SMILES string of the molecule is Clc1ccc(CONc2ncnc3nonc23)c(Cl)c1. The van der Waals surface area contributed by atoms with Crippen LogP contribution < -0.4 is 5.48 Å². The van der Waals surface area contributed by atoms with Gasteiger partial charge in [0.2, 0.25) is 5.65 Å². The Morgan fingerprint density at radius 2 is 2.10 bits per heavy atom. The molecule has 0 aliphatic carbocycles. The van der Waals surface area contributed by atoms with Crippen molar-refractivity contribution < 1.29 is 9.47 Å². The van der Waals surface area contributed by atoms with Crippen LogP contribution in [0.25, 0.3) is 11.2 Å². The van der Waals surface area contributed by atoms with Gasteiger partial charge in [-0.25, -0.2) is 20.1 Å². The molecule has 0 atom stereocenters. The van der Waals surface area contributed by atoms with E-state index in [1.807, 2.05) is 0 Å². The Bertz CT molecular complexity index is 749. The molecule has 0 fully saturated rings. The number of nitrogens with zero attached hydrogens (tertiary/aromatic N) is 4. The first kappa shape index (κ1) is 13.0. The third-order valence-corrected chi connectivity index (χ3v) is 3.06. The maximum Gasteiger partial charge on any atom is 0.229 e. The van der Waals surface area contributed by atoms with Gasteiger partial charge in [0.15, 0.2) is 11.3 Å². The summed E-state index contributed by atoms with van der Waals surface area (Å²) >= 11 is 11.8. The zero-order valence-electron chi connectivity index (χ0n) is 9.88. The fraction of sp³-hybridized carbons (Fsp3) is 0.0909. The Balaban J connectivity index is 1.69. The van der Waals surface area contributed by atoms with Crippen molar-refractivity contribution in [2.45, 2.75) is 6.61 Å². The molecule has 20 heavy (non-hydrogen) atoms. The summed E-state index contributed by atoms with van der Waals surface area (Å²) in [6.45, 7) is 0.229. The van der Waals surface area contributed by atoms with E-state index in [0.717, 1.165) is 5.56 Å². The molecule has 9 heteroatoms. The molecule has 1 aromatic carbocycles. The monoisotopic (exact) mass is 311 g/mol. The first-order valence-corrected chi connectivity index (χ1v) is 6.24. The number of fused-ring (bicyclic) bond motifs is 1. The number of benzene rings is 1. The second-order valence-electron chi connectivity index (χ2n) is 3.79. The highest BCUT2D eigenvalue weighted by atomic mass is 35.5. The van der Waals surface area contributed by atoms with Crippen LogP contribution in [0.2, 0.25) is 10.0 Å². The minimum absolute atomic E-state index is 0.229. The molecular formula is C11H7Cl2N5O2. The van der Waals surface area contributed by atoms with Crippen LogP contribution in [0.1, 0.15) is 5.56 Å². The van der Waals surface area contributed by atoms with Gasteiger partial charge in [0.25, 0.3) is 0 Å². The second-order valence-corrected chi connectivity index (χ2v) is 4.63. The van der Waals surface area contributed by atoms with Crippen LogP contribution in [-0.4, -0.2) is 20.3 Å². The van der Waals surface area contributed by atoms with Crippen LogP contribution in [-0.2, 0) is 11.4 Å². The summed E-state index contributed by atoms with van der Waals surface area (Å²) in [5.74, 6) is 0.362. The highest BCUT2D eigenvalue weighted by Crippen LogP contribution is 2.22. The molecule has 0 saturated carbocycles. The summed E-state index contributed by atoms with van der Waals surface area (Å²) in [7, 11) is 0. The molecule has 0 saturated heterocycles. The fourth-order valence-electron chi connectivity index (χ4n) is 1.52. The van der Waals surface area contributed by atoms with E-state index in [-0.39, 0.29) is 6.61 Å². The van der Waals surface area contributed by atoms with Crippen LogP contribution >= 0.6 is 23.2 Å². The van der Waals surface area contributed by atoms with Crippen molar-refractivity contribution in [2.75, 3.05) is 5.48 Å². The van der Waals surface area contributed by atoms with Gasteiger partial charge in [0, 0.05) is 10.0 Å². The normalized spacial score (nSPS) is 10.9. The standard InChI is InChI=1S/C11H7Cl2N5O2/c12-7-2-1-6(8(13)3-7)4-19-17-10-9-11(15-5-14-10)18-20-16-9/h1-3,5H,4H2,(H,14,15,17,18). The molecule has 0 bridgehead atoms. The predicted octanol–water partition coefficient (Wildman–Crippen LogP) is 2.86. The van der Waals surface area contributed by atoms with Crippen LogP contribution in [0.3, 0.4) is 0 Å². The molecule has 0 amide bonds. The Morgan fingerprint density at radius 1 is 1.20 bits per heavy atom. The Labute approximate surface area is 122 Å². The highest BCUT2D eigenvalue weighted by molar-refractivity contribution is 6.35. The van der Waals surface area contributed by atoms with E-state index in [2.05, 4.69) is 30.4 Å². The summed E-state index contributed by atoms with van der Waals surface area (Å²) in [5, 5.41) is 8.37. The van der Waals surface area contributed by atoms with Gasteiger partial charge in [-0.2, -0.15) is 0 Å². The summed E-state index contributed by atoms with van der Waals surface area (Å²) in [5.41, 5.74) is 4.17. The minimum Gasteiger partial charge on any atom is -0.270 e. The van der Waals surface area contributed by atoms with Crippen molar-refractivity contribution >= 4 is 40.2 Å². The topological polar surface area (TPSA) is 86.0 Å². The number of halogens is 2. The van der Waals surface area contributed by atoms with Gasteiger partial charge >= 0.3 is 0 Å². The lowest BCUT2D eigenvalue weighted by Crippen LogP contribution is -2.04. The zero-order chi connectivity index (χ0) is 13.9. The van der Waals surface area contributed by atoms with Crippen LogP contribution in [0.5, 0.6) is 0 Å². The first-order valence-electron chi connectivity index (χ1n) is 5.49. The zero-order valence-corrected chi connectivity index (χ0v) is 11.4. The van der Waals surface area contributed by atoms with E-state index in [0.29, 0.717) is 27.0 Å². The molecule has 2 heterocycles. The lowest BCUT2D eigenvalue weighted by atomic mass is 10.2. The molecule has 0 radical (unpaired) electrons. The van der Waals surface area contributed by atoms with Crippen molar-refractivity contribution in [1.29, 1.82) is 0 Å². The van der Waals surface area contributed by atoms with Crippen LogP contribution in [0.4, 0.5) is 5.82 Å². The molecule has 0 aliphatic heterocycles. The smallest absolute Gasteiger partial charge is 0.229 e. The summed E-state index contributed by atoms with van der Waals surface area (Å²) in [6.07, 6.45) is 1.33. The molecule has 102 valence electrons. The summed E-state index contributed by atoms with van der Waals surface area (Å²) in [4.78, 5) is 13.2. The van der Waals surface area contributed by atoms with Crippen LogP contribution in [0, 0.1) is 0 Å². The van der Waals surface area contributed by atoms with E-state index in [9.17, 15) is 0 Å². The predicted molar refractivity (Wildman–Crippen MR) is 72.3 cm³/mol.